The number of hydrogen-bond donors (Lipinski definition) is 2. The van der Waals surface area contributed by atoms with E-state index in [0.717, 1.165) is 5.56 Å². The number of aliphatic hydroxyl groups excluding tert-OH is 1. The van der Waals surface area contributed by atoms with Crippen LogP contribution in [-0.2, 0) is 30.2 Å². The van der Waals surface area contributed by atoms with Gasteiger partial charge in [0.15, 0.2) is 0 Å². The van der Waals surface area contributed by atoms with Gasteiger partial charge in [0, 0.05) is 25.4 Å². The summed E-state index contributed by atoms with van der Waals surface area (Å²) in [4.78, 5) is 0.188. The number of hydrogen-bond acceptors (Lipinski definition) is 4. The molecule has 0 atom stereocenters. The molecular formula is C13H17N3O3S. The van der Waals surface area contributed by atoms with E-state index in [1.807, 2.05) is 0 Å². The molecule has 2 N–H and O–H groups in total. The minimum absolute atomic E-state index is 0.180. The first-order chi connectivity index (χ1) is 9.44. The van der Waals surface area contributed by atoms with E-state index in [1.54, 1.807) is 43.2 Å². The van der Waals surface area contributed by atoms with Crippen molar-refractivity contribution in [3.63, 3.8) is 0 Å². The fourth-order valence-electron chi connectivity index (χ4n) is 1.94. The molecule has 2 aromatic rings. The smallest absolute Gasteiger partial charge is 0.241 e. The topological polar surface area (TPSA) is 84.2 Å². The van der Waals surface area contributed by atoms with Crippen molar-refractivity contribution in [1.29, 1.82) is 0 Å². The van der Waals surface area contributed by atoms with Gasteiger partial charge in [0.25, 0.3) is 0 Å². The molecule has 1 heterocycles. The Morgan fingerprint density at radius 1 is 1.40 bits per heavy atom. The first-order valence-electron chi connectivity index (χ1n) is 6.10. The number of aromatic nitrogens is 2. The summed E-state index contributed by atoms with van der Waals surface area (Å²) < 4.78 is 28.7. The van der Waals surface area contributed by atoms with E-state index >= 15 is 0 Å². The first-order valence-corrected chi connectivity index (χ1v) is 7.59. The number of benzene rings is 1. The van der Waals surface area contributed by atoms with E-state index in [9.17, 15) is 13.5 Å². The van der Waals surface area contributed by atoms with Crippen LogP contribution in [0.25, 0.3) is 0 Å². The number of aryl methyl sites for hydroxylation is 1. The molecule has 0 saturated carbocycles. The maximum atomic E-state index is 12.3. The van der Waals surface area contributed by atoms with Crippen LogP contribution in [0.15, 0.2) is 35.5 Å². The first kappa shape index (κ1) is 14.7. The van der Waals surface area contributed by atoms with Gasteiger partial charge in [-0.05, 0) is 24.1 Å². The van der Waals surface area contributed by atoms with Gasteiger partial charge in [-0.15, -0.1) is 0 Å². The van der Waals surface area contributed by atoms with Crippen molar-refractivity contribution in [2.75, 3.05) is 0 Å². The summed E-state index contributed by atoms with van der Waals surface area (Å²) in [5.74, 6) is 0. The van der Waals surface area contributed by atoms with E-state index in [0.29, 0.717) is 11.1 Å². The van der Waals surface area contributed by atoms with Crippen LogP contribution in [0.3, 0.4) is 0 Å². The molecule has 1 aromatic carbocycles. The Hall–Kier alpha value is -1.70. The highest BCUT2D eigenvalue weighted by atomic mass is 32.2. The van der Waals surface area contributed by atoms with Gasteiger partial charge in [-0.3, -0.25) is 4.68 Å². The monoisotopic (exact) mass is 295 g/mol. The van der Waals surface area contributed by atoms with E-state index in [4.69, 9.17) is 0 Å². The highest BCUT2D eigenvalue weighted by Crippen LogP contribution is 2.19. The van der Waals surface area contributed by atoms with Crippen LogP contribution < -0.4 is 4.72 Å². The van der Waals surface area contributed by atoms with Gasteiger partial charge >= 0.3 is 0 Å². The van der Waals surface area contributed by atoms with Crippen LogP contribution in [-0.4, -0.2) is 23.3 Å². The summed E-state index contributed by atoms with van der Waals surface area (Å²) in [6.07, 6.45) is 3.36. The summed E-state index contributed by atoms with van der Waals surface area (Å²) in [5.41, 5.74) is 1.95. The molecule has 0 amide bonds. The van der Waals surface area contributed by atoms with Crippen molar-refractivity contribution in [2.45, 2.75) is 25.0 Å². The molecule has 0 aliphatic heterocycles. The Balaban J connectivity index is 2.22. The number of nitrogens with zero attached hydrogens (tertiary/aromatic N) is 2. The number of sulfonamides is 1. The number of rotatable bonds is 5. The highest BCUT2D eigenvalue weighted by molar-refractivity contribution is 7.89. The molecule has 7 heteroatoms. The number of nitrogens with one attached hydrogen (secondary N) is 1. The van der Waals surface area contributed by atoms with Gasteiger partial charge in [0.2, 0.25) is 10.0 Å². The molecule has 1 aromatic heterocycles. The summed E-state index contributed by atoms with van der Waals surface area (Å²) in [6.45, 7) is 1.68. The third-order valence-electron chi connectivity index (χ3n) is 3.08. The van der Waals surface area contributed by atoms with E-state index in [2.05, 4.69) is 9.82 Å². The average molecular weight is 295 g/mol. The van der Waals surface area contributed by atoms with Crippen molar-refractivity contribution in [3.8, 4) is 0 Å². The molecule has 0 spiro atoms. The van der Waals surface area contributed by atoms with Crippen molar-refractivity contribution in [2.24, 2.45) is 7.05 Å². The molecule has 0 aliphatic carbocycles. The van der Waals surface area contributed by atoms with Crippen LogP contribution in [0.4, 0.5) is 0 Å². The molecule has 0 radical (unpaired) electrons. The van der Waals surface area contributed by atoms with Gasteiger partial charge < -0.3 is 5.11 Å². The fourth-order valence-corrected chi connectivity index (χ4v) is 3.25. The van der Waals surface area contributed by atoms with Crippen molar-refractivity contribution in [1.82, 2.24) is 14.5 Å². The lowest BCUT2D eigenvalue weighted by molar-refractivity contribution is 0.280. The second kappa shape index (κ2) is 5.74. The van der Waals surface area contributed by atoms with Gasteiger partial charge in [0.05, 0.1) is 17.7 Å². The quantitative estimate of drug-likeness (QED) is 0.850. The Kier molecular flexibility index (Phi) is 4.22. The second-order valence-electron chi connectivity index (χ2n) is 4.55. The predicted molar refractivity (Wildman–Crippen MR) is 74.3 cm³/mol. The largest absolute Gasteiger partial charge is 0.392 e. The van der Waals surface area contributed by atoms with Gasteiger partial charge in [0.1, 0.15) is 0 Å². The Morgan fingerprint density at radius 3 is 2.75 bits per heavy atom. The van der Waals surface area contributed by atoms with E-state index in [1.165, 1.54) is 6.07 Å². The summed E-state index contributed by atoms with van der Waals surface area (Å²) in [7, 11) is -1.84. The van der Waals surface area contributed by atoms with E-state index in [-0.39, 0.29) is 18.0 Å². The molecule has 108 valence electrons. The van der Waals surface area contributed by atoms with Crippen LogP contribution in [0.5, 0.6) is 0 Å². The van der Waals surface area contributed by atoms with Gasteiger partial charge in [-0.2, -0.15) is 5.10 Å². The lowest BCUT2D eigenvalue weighted by Gasteiger charge is -2.11. The zero-order valence-corrected chi connectivity index (χ0v) is 12.2. The predicted octanol–water partition coefficient (Wildman–Crippen LogP) is 0.699. The zero-order valence-electron chi connectivity index (χ0n) is 11.4. The maximum Gasteiger partial charge on any atom is 0.241 e. The molecule has 0 saturated heterocycles. The third kappa shape index (κ3) is 3.06. The minimum Gasteiger partial charge on any atom is -0.392 e. The zero-order chi connectivity index (χ0) is 14.8. The van der Waals surface area contributed by atoms with Crippen LogP contribution in [0.1, 0.15) is 16.7 Å². The molecule has 6 nitrogen and oxygen atoms in total. The SMILES string of the molecule is Cc1c(CO)cccc1S(=O)(=O)NCc1cnn(C)c1. The van der Waals surface area contributed by atoms with Crippen LogP contribution in [0.2, 0.25) is 0 Å². The lowest BCUT2D eigenvalue weighted by Crippen LogP contribution is -2.24. The Labute approximate surface area is 118 Å². The lowest BCUT2D eigenvalue weighted by atomic mass is 10.1. The molecule has 0 fully saturated rings. The molecule has 0 bridgehead atoms. The van der Waals surface area contributed by atoms with Gasteiger partial charge in [-0.25, -0.2) is 13.1 Å². The van der Waals surface area contributed by atoms with Crippen LogP contribution >= 0.6 is 0 Å². The highest BCUT2D eigenvalue weighted by Gasteiger charge is 2.18. The molecule has 2 rings (SSSR count). The molecule has 0 unspecified atom stereocenters. The summed E-state index contributed by atoms with van der Waals surface area (Å²) in [5, 5.41) is 13.2. The second-order valence-corrected chi connectivity index (χ2v) is 6.28. The molecule has 0 aliphatic rings. The molecule has 20 heavy (non-hydrogen) atoms. The third-order valence-corrected chi connectivity index (χ3v) is 4.63. The normalized spacial score (nSPS) is 11.8. The molecular weight excluding hydrogens is 278 g/mol. The maximum absolute atomic E-state index is 12.3. The Bertz CT molecular complexity index is 707. The standard InChI is InChI=1S/C13H17N3O3S/c1-10-12(9-17)4-3-5-13(10)20(18,19)15-7-11-6-14-16(2)8-11/h3-6,8,15,17H,7,9H2,1-2H3. The van der Waals surface area contributed by atoms with Crippen LogP contribution in [0, 0.1) is 6.92 Å². The average Bonchev–Trinajstić information content (AvgIpc) is 2.82. The van der Waals surface area contributed by atoms with E-state index < -0.39 is 10.0 Å². The fraction of sp³-hybridized carbons (Fsp3) is 0.308. The van der Waals surface area contributed by atoms with Crippen molar-refractivity contribution >= 4 is 10.0 Å². The minimum atomic E-state index is -3.61. The van der Waals surface area contributed by atoms with Crippen molar-refractivity contribution in [3.05, 3.63) is 47.3 Å². The summed E-state index contributed by atoms with van der Waals surface area (Å²) in [6, 6.07) is 4.85. The number of aliphatic hydroxyl groups is 1. The Morgan fingerprint density at radius 2 is 2.15 bits per heavy atom. The van der Waals surface area contributed by atoms with Crippen molar-refractivity contribution < 1.29 is 13.5 Å². The van der Waals surface area contributed by atoms with Gasteiger partial charge in [-0.1, -0.05) is 12.1 Å². The summed E-state index contributed by atoms with van der Waals surface area (Å²) >= 11 is 0.